The summed E-state index contributed by atoms with van der Waals surface area (Å²) in [5, 5.41) is 4.69. The summed E-state index contributed by atoms with van der Waals surface area (Å²) in [6.07, 6.45) is 0. The molecular formula is C8H12N2O2S. The number of rotatable bonds is 3. The van der Waals surface area contributed by atoms with Gasteiger partial charge in [0.1, 0.15) is 0 Å². The highest BCUT2D eigenvalue weighted by Gasteiger charge is 2.08. The standard InChI is InChI=1S/C8H12N2O2S/c1-6(7-4-3-5-13-7)9-8(11)10-12-2/h3-6H,1-2H3,(H2,9,10,11). The fourth-order valence-electron chi connectivity index (χ4n) is 0.928. The number of nitrogens with one attached hydrogen (secondary N) is 2. The maximum absolute atomic E-state index is 11.0. The molecule has 1 rings (SSSR count). The van der Waals surface area contributed by atoms with Crippen molar-refractivity contribution in [1.82, 2.24) is 10.8 Å². The van der Waals surface area contributed by atoms with E-state index in [1.165, 1.54) is 7.11 Å². The third-order valence-corrected chi connectivity index (χ3v) is 2.57. The number of carbonyl (C=O) groups is 1. The van der Waals surface area contributed by atoms with Crippen LogP contribution in [-0.2, 0) is 4.84 Å². The van der Waals surface area contributed by atoms with Crippen molar-refractivity contribution in [3.05, 3.63) is 22.4 Å². The molecule has 72 valence electrons. The van der Waals surface area contributed by atoms with Crippen LogP contribution in [0.2, 0.25) is 0 Å². The maximum Gasteiger partial charge on any atom is 0.339 e. The molecular weight excluding hydrogens is 188 g/mol. The van der Waals surface area contributed by atoms with Crippen LogP contribution in [0.25, 0.3) is 0 Å². The summed E-state index contributed by atoms with van der Waals surface area (Å²) in [5.41, 5.74) is 2.19. The summed E-state index contributed by atoms with van der Waals surface area (Å²) in [6.45, 7) is 1.92. The number of urea groups is 1. The first-order chi connectivity index (χ1) is 6.24. The molecule has 1 atom stereocenters. The van der Waals surface area contributed by atoms with Crippen molar-refractivity contribution in [1.29, 1.82) is 0 Å². The zero-order valence-corrected chi connectivity index (χ0v) is 8.35. The fraction of sp³-hybridized carbons (Fsp3) is 0.375. The molecule has 0 aliphatic rings. The normalized spacial score (nSPS) is 12.2. The lowest BCUT2D eigenvalue weighted by molar-refractivity contribution is 0.106. The first-order valence-corrected chi connectivity index (χ1v) is 4.75. The van der Waals surface area contributed by atoms with E-state index in [-0.39, 0.29) is 12.1 Å². The Hall–Kier alpha value is -1.07. The SMILES string of the molecule is CONC(=O)NC(C)c1cccs1. The summed E-state index contributed by atoms with van der Waals surface area (Å²) in [5.74, 6) is 0. The molecule has 0 saturated carbocycles. The minimum absolute atomic E-state index is 0.00940. The van der Waals surface area contributed by atoms with E-state index in [9.17, 15) is 4.79 Å². The molecule has 4 nitrogen and oxygen atoms in total. The third kappa shape index (κ3) is 3.04. The lowest BCUT2D eigenvalue weighted by Gasteiger charge is -2.11. The Kier molecular flexibility index (Phi) is 3.72. The van der Waals surface area contributed by atoms with E-state index in [4.69, 9.17) is 0 Å². The number of thiophene rings is 1. The highest BCUT2D eigenvalue weighted by molar-refractivity contribution is 7.10. The minimum atomic E-state index is -0.330. The monoisotopic (exact) mass is 200 g/mol. The average Bonchev–Trinajstić information content (AvgIpc) is 2.55. The van der Waals surface area contributed by atoms with Crippen LogP contribution in [0.4, 0.5) is 4.79 Å². The molecule has 0 fully saturated rings. The number of hydroxylamine groups is 1. The van der Waals surface area contributed by atoms with Gasteiger partial charge in [0.15, 0.2) is 0 Å². The van der Waals surface area contributed by atoms with Crippen molar-refractivity contribution in [3.63, 3.8) is 0 Å². The van der Waals surface area contributed by atoms with Gasteiger partial charge in [0.2, 0.25) is 0 Å². The van der Waals surface area contributed by atoms with Crippen LogP contribution in [0, 0.1) is 0 Å². The zero-order chi connectivity index (χ0) is 9.68. The minimum Gasteiger partial charge on any atom is -0.329 e. The van der Waals surface area contributed by atoms with Gasteiger partial charge in [-0.05, 0) is 18.4 Å². The molecule has 2 amide bonds. The number of amides is 2. The third-order valence-electron chi connectivity index (χ3n) is 1.51. The first-order valence-electron chi connectivity index (χ1n) is 3.87. The van der Waals surface area contributed by atoms with Crippen LogP contribution in [-0.4, -0.2) is 13.1 Å². The Balaban J connectivity index is 2.42. The molecule has 0 saturated heterocycles. The van der Waals surface area contributed by atoms with Crippen molar-refractivity contribution in [2.45, 2.75) is 13.0 Å². The van der Waals surface area contributed by atoms with E-state index >= 15 is 0 Å². The first kappa shape index (κ1) is 10.0. The Labute approximate surface area is 80.9 Å². The molecule has 0 radical (unpaired) electrons. The van der Waals surface area contributed by atoms with E-state index in [1.807, 2.05) is 24.4 Å². The second-order valence-electron chi connectivity index (χ2n) is 2.52. The maximum atomic E-state index is 11.0. The molecule has 13 heavy (non-hydrogen) atoms. The molecule has 0 aromatic carbocycles. The van der Waals surface area contributed by atoms with Crippen molar-refractivity contribution in [3.8, 4) is 0 Å². The number of hydrogen-bond acceptors (Lipinski definition) is 3. The van der Waals surface area contributed by atoms with Gasteiger partial charge >= 0.3 is 6.03 Å². The highest BCUT2D eigenvalue weighted by atomic mass is 32.1. The number of carbonyl (C=O) groups excluding carboxylic acids is 1. The van der Waals surface area contributed by atoms with Crippen molar-refractivity contribution >= 4 is 17.4 Å². The largest absolute Gasteiger partial charge is 0.339 e. The van der Waals surface area contributed by atoms with Gasteiger partial charge in [-0.2, -0.15) is 0 Å². The Morgan fingerprint density at radius 2 is 2.46 bits per heavy atom. The molecule has 0 bridgehead atoms. The molecule has 2 N–H and O–H groups in total. The molecule has 1 aromatic heterocycles. The summed E-state index contributed by atoms with van der Waals surface area (Å²) in [6, 6.07) is 3.60. The van der Waals surface area contributed by atoms with Gasteiger partial charge in [0.05, 0.1) is 13.2 Å². The van der Waals surface area contributed by atoms with Crippen LogP contribution < -0.4 is 10.8 Å². The van der Waals surface area contributed by atoms with Crippen LogP contribution in [0.3, 0.4) is 0 Å². The van der Waals surface area contributed by atoms with Gasteiger partial charge in [-0.3, -0.25) is 4.84 Å². The molecule has 0 aliphatic carbocycles. The van der Waals surface area contributed by atoms with E-state index in [0.29, 0.717) is 0 Å². The Bertz CT molecular complexity index is 261. The van der Waals surface area contributed by atoms with E-state index < -0.39 is 0 Å². The summed E-state index contributed by atoms with van der Waals surface area (Å²) < 4.78 is 0. The average molecular weight is 200 g/mol. The second kappa shape index (κ2) is 4.84. The van der Waals surface area contributed by atoms with Crippen LogP contribution in [0.1, 0.15) is 17.8 Å². The summed E-state index contributed by atoms with van der Waals surface area (Å²) in [7, 11) is 1.40. The summed E-state index contributed by atoms with van der Waals surface area (Å²) in [4.78, 5) is 16.6. The lowest BCUT2D eigenvalue weighted by atomic mass is 10.3. The summed E-state index contributed by atoms with van der Waals surface area (Å²) >= 11 is 1.61. The Morgan fingerprint density at radius 3 is 3.00 bits per heavy atom. The van der Waals surface area contributed by atoms with Crippen molar-refractivity contribution < 1.29 is 9.63 Å². The highest BCUT2D eigenvalue weighted by Crippen LogP contribution is 2.17. The molecule has 0 aliphatic heterocycles. The molecule has 1 unspecified atom stereocenters. The van der Waals surface area contributed by atoms with Crippen LogP contribution in [0.15, 0.2) is 17.5 Å². The quantitative estimate of drug-likeness (QED) is 0.729. The van der Waals surface area contributed by atoms with Gasteiger partial charge in [-0.25, -0.2) is 10.3 Å². The van der Waals surface area contributed by atoms with Crippen molar-refractivity contribution in [2.75, 3.05) is 7.11 Å². The lowest BCUT2D eigenvalue weighted by Crippen LogP contribution is -2.36. The second-order valence-corrected chi connectivity index (χ2v) is 3.50. The smallest absolute Gasteiger partial charge is 0.329 e. The molecule has 1 heterocycles. The molecule has 1 aromatic rings. The van der Waals surface area contributed by atoms with Gasteiger partial charge in [0.25, 0.3) is 0 Å². The molecule has 0 spiro atoms. The number of hydrogen-bond donors (Lipinski definition) is 2. The van der Waals surface area contributed by atoms with Gasteiger partial charge in [-0.15, -0.1) is 11.3 Å². The van der Waals surface area contributed by atoms with Gasteiger partial charge in [-0.1, -0.05) is 6.07 Å². The zero-order valence-electron chi connectivity index (χ0n) is 7.53. The van der Waals surface area contributed by atoms with E-state index in [1.54, 1.807) is 11.3 Å². The van der Waals surface area contributed by atoms with E-state index in [2.05, 4.69) is 15.6 Å². The predicted octanol–water partition coefficient (Wildman–Crippen LogP) is 1.67. The van der Waals surface area contributed by atoms with Crippen LogP contribution in [0.5, 0.6) is 0 Å². The predicted molar refractivity (Wildman–Crippen MR) is 51.4 cm³/mol. The van der Waals surface area contributed by atoms with E-state index in [0.717, 1.165) is 4.88 Å². The van der Waals surface area contributed by atoms with Crippen molar-refractivity contribution in [2.24, 2.45) is 0 Å². The Morgan fingerprint density at radius 1 is 1.69 bits per heavy atom. The van der Waals surface area contributed by atoms with Crippen LogP contribution >= 0.6 is 11.3 Å². The topological polar surface area (TPSA) is 50.4 Å². The fourth-order valence-corrected chi connectivity index (χ4v) is 1.66. The molecule has 5 heteroatoms. The van der Waals surface area contributed by atoms with Gasteiger partial charge in [0, 0.05) is 4.88 Å². The van der Waals surface area contributed by atoms with Gasteiger partial charge < -0.3 is 5.32 Å².